The maximum atomic E-state index is 6.56. The smallest absolute Gasteiger partial charge is 0.218 e. The molecule has 0 spiro atoms. The van der Waals surface area contributed by atoms with Gasteiger partial charge in [0.25, 0.3) is 0 Å². The summed E-state index contributed by atoms with van der Waals surface area (Å²) in [5.74, 6) is 0.646. The van der Waals surface area contributed by atoms with Crippen LogP contribution in [0.3, 0.4) is 0 Å². The molecule has 0 bridgehead atoms. The molecule has 2 heteroatoms. The minimum absolute atomic E-state index is 0.646. The third kappa shape index (κ3) is 1.21. The molecule has 0 aliphatic carbocycles. The van der Waals surface area contributed by atoms with Crippen LogP contribution < -0.4 is 5.32 Å². The molecule has 1 aliphatic rings. The molecule has 8 heavy (non-hydrogen) atoms. The van der Waals surface area contributed by atoms with Gasteiger partial charge in [-0.05, 0) is 13.0 Å². The molecule has 1 saturated heterocycles. The van der Waals surface area contributed by atoms with Gasteiger partial charge in [-0.15, -0.1) is 0 Å². The van der Waals surface area contributed by atoms with Gasteiger partial charge in [0.1, 0.15) is 0 Å². The zero-order chi connectivity index (χ0) is 5.82. The van der Waals surface area contributed by atoms with E-state index in [-0.39, 0.29) is 0 Å². The zero-order valence-electron chi connectivity index (χ0n) is 4.85. The average molecular weight is 110 g/mol. The Bertz CT molecular complexity index is 97.6. The van der Waals surface area contributed by atoms with Crippen molar-refractivity contribution in [1.82, 2.24) is 5.32 Å². The molecule has 1 atom stereocenters. The number of hydrogen-bond acceptors (Lipinski definition) is 1. The Labute approximate surface area is 49.7 Å². The van der Waals surface area contributed by atoms with Gasteiger partial charge in [0.15, 0.2) is 0 Å². The molecule has 0 aromatic heterocycles. The second-order valence-corrected chi connectivity index (χ2v) is 2.20. The maximum absolute atomic E-state index is 6.56. The highest BCUT2D eigenvalue weighted by molar-refractivity contribution is 4.77. The fraction of sp³-hybridized carbons (Fsp3) is 0.833. The molecule has 1 unspecified atom stereocenters. The van der Waals surface area contributed by atoms with E-state index in [1.165, 1.54) is 6.42 Å². The summed E-state index contributed by atoms with van der Waals surface area (Å²) in [7, 11) is 0. The second-order valence-electron chi connectivity index (χ2n) is 2.20. The maximum Gasteiger partial charge on any atom is 0.218 e. The van der Waals surface area contributed by atoms with E-state index in [0.29, 0.717) is 12.5 Å². The van der Waals surface area contributed by atoms with Gasteiger partial charge in [-0.3, -0.25) is 0 Å². The van der Waals surface area contributed by atoms with Crippen molar-refractivity contribution in [2.45, 2.75) is 6.42 Å². The predicted octanol–water partition coefficient (Wildman–Crippen LogP) is 0.515. The van der Waals surface area contributed by atoms with Crippen LogP contribution >= 0.6 is 0 Å². The van der Waals surface area contributed by atoms with Crippen molar-refractivity contribution in [2.75, 3.05) is 19.6 Å². The lowest BCUT2D eigenvalue weighted by Crippen LogP contribution is -2.10. The molecule has 1 N–H and O–H groups in total. The zero-order valence-corrected chi connectivity index (χ0v) is 4.85. The summed E-state index contributed by atoms with van der Waals surface area (Å²) < 4.78 is 0. The first-order valence-electron chi connectivity index (χ1n) is 2.97. The highest BCUT2D eigenvalue weighted by Crippen LogP contribution is 2.06. The van der Waals surface area contributed by atoms with E-state index >= 15 is 0 Å². The highest BCUT2D eigenvalue weighted by Gasteiger charge is 2.15. The number of hydrogen-bond donors (Lipinski definition) is 1. The van der Waals surface area contributed by atoms with Crippen LogP contribution in [0.1, 0.15) is 6.42 Å². The van der Waals surface area contributed by atoms with Gasteiger partial charge in [0.05, 0.1) is 0 Å². The summed E-state index contributed by atoms with van der Waals surface area (Å²) in [4.78, 5) is 3.33. The lowest BCUT2D eigenvalue weighted by molar-refractivity contribution is 0.632. The number of rotatable bonds is 1. The molecule has 1 heterocycles. The van der Waals surface area contributed by atoms with Crippen molar-refractivity contribution in [1.29, 1.82) is 0 Å². The van der Waals surface area contributed by atoms with E-state index in [9.17, 15) is 0 Å². The normalized spacial score (nSPS) is 27.6. The SMILES string of the molecule is [C-]#[N+]CC1CCNC1. The first-order chi connectivity index (χ1) is 3.93. The van der Waals surface area contributed by atoms with Crippen LogP contribution in [0, 0.1) is 12.5 Å². The Hall–Kier alpha value is -0.550. The van der Waals surface area contributed by atoms with Gasteiger partial charge in [0, 0.05) is 12.5 Å². The largest absolute Gasteiger partial charge is 0.317 e. The molecule has 1 aliphatic heterocycles. The molecular formula is C6H10N2. The average Bonchev–Trinajstić information content (AvgIpc) is 2.19. The van der Waals surface area contributed by atoms with Crippen molar-refractivity contribution in [3.8, 4) is 0 Å². The fourth-order valence-electron chi connectivity index (χ4n) is 0.999. The van der Waals surface area contributed by atoms with E-state index < -0.39 is 0 Å². The molecule has 0 saturated carbocycles. The van der Waals surface area contributed by atoms with Crippen molar-refractivity contribution in [3.63, 3.8) is 0 Å². The van der Waals surface area contributed by atoms with Gasteiger partial charge in [-0.1, -0.05) is 0 Å². The molecule has 1 fully saturated rings. The number of nitrogens with one attached hydrogen (secondary N) is 1. The lowest BCUT2D eigenvalue weighted by Gasteiger charge is -1.93. The van der Waals surface area contributed by atoms with Crippen LogP contribution in [0.5, 0.6) is 0 Å². The summed E-state index contributed by atoms with van der Waals surface area (Å²) in [6.45, 7) is 9.45. The van der Waals surface area contributed by atoms with Crippen molar-refractivity contribution in [3.05, 3.63) is 11.4 Å². The standard InChI is InChI=1S/C6H10N2/c1-7-4-6-2-3-8-5-6/h6,8H,2-5H2. The third-order valence-corrected chi connectivity index (χ3v) is 1.51. The molecule has 0 aromatic carbocycles. The second kappa shape index (κ2) is 2.68. The Kier molecular flexibility index (Phi) is 1.87. The Balaban J connectivity index is 2.17. The van der Waals surface area contributed by atoms with E-state index in [2.05, 4.69) is 10.2 Å². The van der Waals surface area contributed by atoms with Gasteiger partial charge in [0.2, 0.25) is 6.54 Å². The Morgan fingerprint density at radius 1 is 1.75 bits per heavy atom. The molecule has 44 valence electrons. The third-order valence-electron chi connectivity index (χ3n) is 1.51. The van der Waals surface area contributed by atoms with Crippen LogP contribution in [0.15, 0.2) is 0 Å². The van der Waals surface area contributed by atoms with Gasteiger partial charge in [-0.25, -0.2) is 6.57 Å². The fourth-order valence-corrected chi connectivity index (χ4v) is 0.999. The van der Waals surface area contributed by atoms with Crippen molar-refractivity contribution < 1.29 is 0 Å². The summed E-state index contributed by atoms with van der Waals surface area (Å²) in [6.07, 6.45) is 1.20. The summed E-state index contributed by atoms with van der Waals surface area (Å²) >= 11 is 0. The first-order valence-corrected chi connectivity index (χ1v) is 2.97. The summed E-state index contributed by atoms with van der Waals surface area (Å²) in [5.41, 5.74) is 0. The molecule has 1 rings (SSSR count). The first kappa shape index (κ1) is 5.58. The van der Waals surface area contributed by atoms with Crippen molar-refractivity contribution >= 4 is 0 Å². The lowest BCUT2D eigenvalue weighted by atomic mass is 10.1. The summed E-state index contributed by atoms with van der Waals surface area (Å²) in [6, 6.07) is 0. The molecule has 0 aromatic rings. The van der Waals surface area contributed by atoms with E-state index in [1.54, 1.807) is 0 Å². The van der Waals surface area contributed by atoms with E-state index in [0.717, 1.165) is 13.1 Å². The summed E-state index contributed by atoms with van der Waals surface area (Å²) in [5, 5.41) is 3.21. The number of nitrogens with zero attached hydrogens (tertiary/aromatic N) is 1. The van der Waals surface area contributed by atoms with Gasteiger partial charge < -0.3 is 10.2 Å². The van der Waals surface area contributed by atoms with Gasteiger partial charge in [-0.2, -0.15) is 0 Å². The monoisotopic (exact) mass is 110 g/mol. The van der Waals surface area contributed by atoms with Gasteiger partial charge >= 0.3 is 0 Å². The van der Waals surface area contributed by atoms with Crippen molar-refractivity contribution in [2.24, 2.45) is 5.92 Å². The van der Waals surface area contributed by atoms with E-state index in [1.807, 2.05) is 0 Å². The molecule has 0 radical (unpaired) electrons. The minimum Gasteiger partial charge on any atom is -0.317 e. The molecule has 2 nitrogen and oxygen atoms in total. The van der Waals surface area contributed by atoms with E-state index in [4.69, 9.17) is 6.57 Å². The minimum atomic E-state index is 0.646. The van der Waals surface area contributed by atoms with Crippen LogP contribution in [0.4, 0.5) is 0 Å². The van der Waals surface area contributed by atoms with Crippen LogP contribution in [0.25, 0.3) is 4.85 Å². The highest BCUT2D eigenvalue weighted by atomic mass is 14.9. The van der Waals surface area contributed by atoms with Crippen LogP contribution in [-0.4, -0.2) is 19.6 Å². The van der Waals surface area contributed by atoms with Crippen LogP contribution in [-0.2, 0) is 0 Å². The molecular weight excluding hydrogens is 100 g/mol. The van der Waals surface area contributed by atoms with Crippen LogP contribution in [0.2, 0.25) is 0 Å². The Morgan fingerprint density at radius 2 is 2.62 bits per heavy atom. The predicted molar refractivity (Wildman–Crippen MR) is 32.4 cm³/mol. The quantitative estimate of drug-likeness (QED) is 0.487. The topological polar surface area (TPSA) is 16.4 Å². The Morgan fingerprint density at radius 3 is 3.12 bits per heavy atom. The molecule has 0 amide bonds.